The Labute approximate surface area is 182 Å². The number of aliphatic hydroxyl groups is 1. The first-order valence-electron chi connectivity index (χ1n) is 10.7. The molecule has 7 nitrogen and oxygen atoms in total. The van der Waals surface area contributed by atoms with Crippen LogP contribution in [0.4, 0.5) is 19.4 Å². The Bertz CT molecular complexity index is 757. The van der Waals surface area contributed by atoms with E-state index >= 15 is 0 Å². The highest BCUT2D eigenvalue weighted by Gasteiger charge is 2.40. The third-order valence-corrected chi connectivity index (χ3v) is 5.17. The van der Waals surface area contributed by atoms with Gasteiger partial charge in [-0.3, -0.25) is 4.79 Å². The number of anilines is 1. The summed E-state index contributed by atoms with van der Waals surface area (Å²) >= 11 is 0. The van der Waals surface area contributed by atoms with Crippen LogP contribution in [0.5, 0.6) is 0 Å². The number of nitrogens with zero attached hydrogens (tertiary/aromatic N) is 1. The molecule has 1 aliphatic rings. The standard InChI is InChI=1S/C22H33F2N3O4/c1-5-6-16(28)15-9-12-25-17(13-15)26-19(29)18(27-20(30)31-21(2,3)4)14-7-10-22(23,24)11-8-14/h9,12-14,16,18,28H,5-8,10-11H2,1-4H3,(H,27,30)(H,25,26,29)/t16?,18-/m0/s1. The second-order valence-electron chi connectivity index (χ2n) is 9.09. The predicted molar refractivity (Wildman–Crippen MR) is 113 cm³/mol. The van der Waals surface area contributed by atoms with Gasteiger partial charge in [-0.05, 0) is 63.6 Å². The van der Waals surface area contributed by atoms with E-state index in [1.54, 1.807) is 32.9 Å². The van der Waals surface area contributed by atoms with Gasteiger partial charge in [0, 0.05) is 19.0 Å². The van der Waals surface area contributed by atoms with Crippen LogP contribution < -0.4 is 10.6 Å². The lowest BCUT2D eigenvalue weighted by molar-refractivity contribution is -0.121. The van der Waals surface area contributed by atoms with Crippen LogP contribution in [0, 0.1) is 5.92 Å². The van der Waals surface area contributed by atoms with Crippen LogP contribution in [0.3, 0.4) is 0 Å². The maximum absolute atomic E-state index is 13.6. The number of alkyl halides is 2. The molecule has 1 heterocycles. The molecule has 2 rings (SSSR count). The van der Waals surface area contributed by atoms with Crippen molar-refractivity contribution in [3.8, 4) is 0 Å². The largest absolute Gasteiger partial charge is 0.444 e. The number of alkyl carbamates (subject to hydrolysis) is 1. The number of aliphatic hydroxyl groups excluding tert-OH is 1. The molecule has 1 aliphatic carbocycles. The number of carbonyl (C=O) groups is 2. The van der Waals surface area contributed by atoms with Crippen molar-refractivity contribution in [1.29, 1.82) is 0 Å². The number of nitrogens with one attached hydrogen (secondary N) is 2. The van der Waals surface area contributed by atoms with Gasteiger partial charge in [0.15, 0.2) is 0 Å². The Balaban J connectivity index is 2.16. The van der Waals surface area contributed by atoms with Crippen LogP contribution in [-0.4, -0.2) is 39.7 Å². The molecule has 31 heavy (non-hydrogen) atoms. The van der Waals surface area contributed by atoms with Gasteiger partial charge in [-0.1, -0.05) is 13.3 Å². The first-order chi connectivity index (χ1) is 14.4. The molecule has 3 N–H and O–H groups in total. The molecule has 0 bridgehead atoms. The van der Waals surface area contributed by atoms with Crippen LogP contribution >= 0.6 is 0 Å². The molecule has 2 amide bonds. The molecular weight excluding hydrogens is 408 g/mol. The molecule has 1 fully saturated rings. The fraction of sp³-hybridized carbons (Fsp3) is 0.682. The molecule has 0 spiro atoms. The maximum atomic E-state index is 13.6. The molecule has 1 unspecified atom stereocenters. The van der Waals surface area contributed by atoms with Gasteiger partial charge in [0.25, 0.3) is 0 Å². The number of hydrogen-bond donors (Lipinski definition) is 3. The van der Waals surface area contributed by atoms with Crippen LogP contribution in [0.2, 0.25) is 0 Å². The number of pyridine rings is 1. The third kappa shape index (κ3) is 8.05. The Hall–Kier alpha value is -2.29. The van der Waals surface area contributed by atoms with E-state index < -0.39 is 41.6 Å². The zero-order valence-electron chi connectivity index (χ0n) is 18.6. The molecule has 9 heteroatoms. The van der Waals surface area contributed by atoms with E-state index in [1.807, 2.05) is 6.92 Å². The number of carbonyl (C=O) groups excluding carboxylic acids is 2. The number of hydrogen-bond acceptors (Lipinski definition) is 5. The van der Waals surface area contributed by atoms with Gasteiger partial charge in [0.05, 0.1) is 6.10 Å². The minimum atomic E-state index is -2.76. The smallest absolute Gasteiger partial charge is 0.408 e. The summed E-state index contributed by atoms with van der Waals surface area (Å²) in [6.07, 6.45) is 0.887. The molecule has 0 aliphatic heterocycles. The molecule has 2 atom stereocenters. The minimum Gasteiger partial charge on any atom is -0.444 e. The summed E-state index contributed by atoms with van der Waals surface area (Å²) < 4.78 is 32.5. The maximum Gasteiger partial charge on any atom is 0.408 e. The summed E-state index contributed by atoms with van der Waals surface area (Å²) in [6, 6.07) is 2.19. The van der Waals surface area contributed by atoms with Crippen molar-refractivity contribution in [3.05, 3.63) is 23.9 Å². The lowest BCUT2D eigenvalue weighted by atomic mass is 9.81. The zero-order chi connectivity index (χ0) is 23.2. The molecule has 1 aromatic rings. The zero-order valence-corrected chi connectivity index (χ0v) is 18.6. The SMILES string of the molecule is CCCC(O)c1ccnc(NC(=O)[C@@H](NC(=O)OC(C)(C)C)C2CCC(F)(F)CC2)c1. The topological polar surface area (TPSA) is 101 Å². The van der Waals surface area contributed by atoms with Crippen LogP contribution in [0.1, 0.15) is 77.9 Å². The molecule has 0 saturated heterocycles. The molecular formula is C22H33F2N3O4. The number of halogens is 2. The number of ether oxygens (including phenoxy) is 1. The summed E-state index contributed by atoms with van der Waals surface area (Å²) in [7, 11) is 0. The van der Waals surface area contributed by atoms with E-state index in [0.29, 0.717) is 12.0 Å². The van der Waals surface area contributed by atoms with Crippen molar-refractivity contribution in [2.24, 2.45) is 5.92 Å². The van der Waals surface area contributed by atoms with E-state index in [2.05, 4.69) is 15.6 Å². The van der Waals surface area contributed by atoms with Crippen molar-refractivity contribution in [2.75, 3.05) is 5.32 Å². The van der Waals surface area contributed by atoms with Gasteiger partial charge < -0.3 is 20.5 Å². The summed E-state index contributed by atoms with van der Waals surface area (Å²) in [5, 5.41) is 15.4. The van der Waals surface area contributed by atoms with Crippen molar-refractivity contribution >= 4 is 17.8 Å². The van der Waals surface area contributed by atoms with E-state index in [9.17, 15) is 23.5 Å². The highest BCUT2D eigenvalue weighted by Crippen LogP contribution is 2.37. The van der Waals surface area contributed by atoms with Gasteiger partial charge in [0.2, 0.25) is 11.8 Å². The second kappa shape index (κ2) is 10.3. The van der Waals surface area contributed by atoms with Gasteiger partial charge in [0.1, 0.15) is 17.5 Å². The van der Waals surface area contributed by atoms with E-state index in [4.69, 9.17) is 4.74 Å². The second-order valence-corrected chi connectivity index (χ2v) is 9.09. The van der Waals surface area contributed by atoms with Gasteiger partial charge in [-0.25, -0.2) is 18.6 Å². The van der Waals surface area contributed by atoms with E-state index in [0.717, 1.165) is 6.42 Å². The molecule has 0 radical (unpaired) electrons. The molecule has 174 valence electrons. The lowest BCUT2D eigenvalue weighted by Crippen LogP contribution is -2.51. The molecule has 1 saturated carbocycles. The van der Waals surface area contributed by atoms with Crippen LogP contribution in [0.25, 0.3) is 0 Å². The average Bonchev–Trinajstić information content (AvgIpc) is 2.65. The summed E-state index contributed by atoms with van der Waals surface area (Å²) in [6.45, 7) is 7.03. The van der Waals surface area contributed by atoms with Crippen molar-refractivity contribution in [3.63, 3.8) is 0 Å². The van der Waals surface area contributed by atoms with Crippen LogP contribution in [0.15, 0.2) is 18.3 Å². The fourth-order valence-electron chi connectivity index (χ4n) is 3.59. The number of amides is 2. The normalized spacial score (nSPS) is 18.7. The quantitative estimate of drug-likeness (QED) is 0.575. The van der Waals surface area contributed by atoms with E-state index in [1.165, 1.54) is 6.20 Å². The highest BCUT2D eigenvalue weighted by molar-refractivity contribution is 5.96. The lowest BCUT2D eigenvalue weighted by Gasteiger charge is -2.33. The Morgan fingerprint density at radius 3 is 2.55 bits per heavy atom. The Kier molecular flexibility index (Phi) is 8.34. The first kappa shape index (κ1) is 25.0. The Morgan fingerprint density at radius 1 is 1.32 bits per heavy atom. The summed E-state index contributed by atoms with van der Waals surface area (Å²) in [4.78, 5) is 29.4. The van der Waals surface area contributed by atoms with E-state index in [-0.39, 0.29) is 31.5 Å². The van der Waals surface area contributed by atoms with Gasteiger partial charge in [-0.15, -0.1) is 0 Å². The first-order valence-corrected chi connectivity index (χ1v) is 10.7. The summed E-state index contributed by atoms with van der Waals surface area (Å²) in [5.41, 5.74) is -0.156. The summed E-state index contributed by atoms with van der Waals surface area (Å²) in [5.74, 6) is -3.55. The van der Waals surface area contributed by atoms with Crippen molar-refractivity contribution in [1.82, 2.24) is 10.3 Å². The molecule has 1 aromatic heterocycles. The number of rotatable bonds is 7. The highest BCUT2D eigenvalue weighted by atomic mass is 19.3. The van der Waals surface area contributed by atoms with Crippen molar-refractivity contribution < 1.29 is 28.2 Å². The van der Waals surface area contributed by atoms with Gasteiger partial charge in [-0.2, -0.15) is 0 Å². The number of aromatic nitrogens is 1. The Morgan fingerprint density at radius 2 is 1.97 bits per heavy atom. The van der Waals surface area contributed by atoms with Crippen molar-refractivity contribution in [2.45, 2.75) is 89.9 Å². The van der Waals surface area contributed by atoms with Crippen LogP contribution in [-0.2, 0) is 9.53 Å². The molecule has 0 aromatic carbocycles. The monoisotopic (exact) mass is 441 g/mol. The fourth-order valence-corrected chi connectivity index (χ4v) is 3.59. The van der Waals surface area contributed by atoms with Gasteiger partial charge >= 0.3 is 6.09 Å². The predicted octanol–water partition coefficient (Wildman–Crippen LogP) is 4.57. The third-order valence-electron chi connectivity index (χ3n) is 5.17. The average molecular weight is 442 g/mol. The minimum absolute atomic E-state index is 0.101.